The lowest BCUT2D eigenvalue weighted by Crippen LogP contribution is -2.57. The molecule has 1 saturated carbocycles. The molecule has 8 heteroatoms. The van der Waals surface area contributed by atoms with Crippen LogP contribution in [0.3, 0.4) is 0 Å². The molecule has 144 valence electrons. The summed E-state index contributed by atoms with van der Waals surface area (Å²) in [4.78, 5) is 12.8. The molecule has 4 nitrogen and oxygen atoms in total. The first-order chi connectivity index (χ1) is 12.2. The van der Waals surface area contributed by atoms with Crippen LogP contribution >= 0.6 is 22.6 Å². The highest BCUT2D eigenvalue weighted by molar-refractivity contribution is 14.1. The molecule has 1 aliphatic carbocycles. The molecular weight excluding hydrogens is 464 g/mol. The molecule has 4 rings (SSSR count). The molecule has 1 aromatic rings. The van der Waals surface area contributed by atoms with Crippen LogP contribution in [0.5, 0.6) is 5.75 Å². The minimum Gasteiger partial charge on any atom is -0.465 e. The molecule has 0 radical (unpaired) electrons. The van der Waals surface area contributed by atoms with E-state index in [9.17, 15) is 18.0 Å². The Labute approximate surface area is 163 Å². The van der Waals surface area contributed by atoms with E-state index in [2.05, 4.69) is 27.3 Å². The quantitative estimate of drug-likeness (QED) is 0.337. The lowest BCUT2D eigenvalue weighted by atomic mass is 9.61. The Balaban J connectivity index is 1.97. The summed E-state index contributed by atoms with van der Waals surface area (Å²) in [6.45, 7) is 1.99. The van der Waals surface area contributed by atoms with E-state index < -0.39 is 17.9 Å². The molecule has 2 aliphatic heterocycles. The molecule has 3 fully saturated rings. The highest BCUT2D eigenvalue weighted by Gasteiger charge is 2.60. The third-order valence-corrected chi connectivity index (χ3v) is 6.63. The molecule has 1 unspecified atom stereocenters. The fourth-order valence-electron chi connectivity index (χ4n) is 3.91. The van der Waals surface area contributed by atoms with Gasteiger partial charge in [-0.05, 0) is 50.3 Å². The SMILES string of the molecule is CCOC(=O)C12CCC(CI)(CC1)OC2c1cccc(OC(F)(F)F)c1. The van der Waals surface area contributed by atoms with Crippen LogP contribution in [0.1, 0.15) is 44.3 Å². The van der Waals surface area contributed by atoms with Crippen molar-refractivity contribution >= 4 is 28.6 Å². The summed E-state index contributed by atoms with van der Waals surface area (Å²) in [7, 11) is 0. The summed E-state index contributed by atoms with van der Waals surface area (Å²) >= 11 is 2.26. The van der Waals surface area contributed by atoms with E-state index in [1.54, 1.807) is 13.0 Å². The van der Waals surface area contributed by atoms with E-state index in [0.717, 1.165) is 17.3 Å². The van der Waals surface area contributed by atoms with Gasteiger partial charge in [0.25, 0.3) is 0 Å². The van der Waals surface area contributed by atoms with Crippen LogP contribution in [0.2, 0.25) is 0 Å². The van der Waals surface area contributed by atoms with Crippen molar-refractivity contribution in [3.8, 4) is 5.75 Å². The van der Waals surface area contributed by atoms with E-state index in [1.165, 1.54) is 18.2 Å². The van der Waals surface area contributed by atoms with Crippen molar-refractivity contribution in [3.63, 3.8) is 0 Å². The molecule has 0 spiro atoms. The third kappa shape index (κ3) is 3.67. The minimum atomic E-state index is -4.77. The van der Waals surface area contributed by atoms with Crippen molar-refractivity contribution < 1.29 is 32.2 Å². The second-order valence-corrected chi connectivity index (χ2v) is 7.57. The molecule has 0 aromatic heterocycles. The van der Waals surface area contributed by atoms with Gasteiger partial charge in [-0.1, -0.05) is 34.7 Å². The fourth-order valence-corrected chi connectivity index (χ4v) is 4.85. The average Bonchev–Trinajstić information content (AvgIpc) is 2.61. The first-order valence-electron chi connectivity index (χ1n) is 8.50. The van der Waals surface area contributed by atoms with Gasteiger partial charge in [0.2, 0.25) is 0 Å². The van der Waals surface area contributed by atoms with Crippen LogP contribution < -0.4 is 4.74 Å². The topological polar surface area (TPSA) is 44.8 Å². The van der Waals surface area contributed by atoms with Crippen LogP contribution in [-0.4, -0.2) is 29.0 Å². The van der Waals surface area contributed by atoms with Crippen molar-refractivity contribution in [1.82, 2.24) is 0 Å². The summed E-state index contributed by atoms with van der Waals surface area (Å²) in [6.07, 6.45) is -2.73. The van der Waals surface area contributed by atoms with Crippen molar-refractivity contribution in [3.05, 3.63) is 29.8 Å². The zero-order valence-corrected chi connectivity index (χ0v) is 16.4. The predicted octanol–water partition coefficient (Wildman–Crippen LogP) is 4.95. The van der Waals surface area contributed by atoms with Crippen LogP contribution in [-0.2, 0) is 14.3 Å². The summed E-state index contributed by atoms with van der Waals surface area (Å²) < 4.78 is 54.1. The molecular formula is C18H20F3IO4. The number of hydrogen-bond acceptors (Lipinski definition) is 4. The number of carbonyl (C=O) groups is 1. The molecule has 1 atom stereocenters. The van der Waals surface area contributed by atoms with Gasteiger partial charge < -0.3 is 14.2 Å². The van der Waals surface area contributed by atoms with Crippen molar-refractivity contribution in [2.75, 3.05) is 11.0 Å². The summed E-state index contributed by atoms with van der Waals surface area (Å²) in [5.41, 5.74) is -0.700. The van der Waals surface area contributed by atoms with Gasteiger partial charge in [-0.15, -0.1) is 13.2 Å². The van der Waals surface area contributed by atoms with Crippen LogP contribution in [0.25, 0.3) is 0 Å². The zero-order chi connectivity index (χ0) is 19.0. The number of fused-ring (bicyclic) bond motifs is 3. The first-order valence-corrected chi connectivity index (χ1v) is 10.0. The molecule has 2 heterocycles. The van der Waals surface area contributed by atoms with E-state index in [4.69, 9.17) is 9.47 Å². The van der Waals surface area contributed by atoms with Gasteiger partial charge in [0, 0.05) is 4.43 Å². The largest absolute Gasteiger partial charge is 0.573 e. The Morgan fingerprint density at radius 1 is 1.31 bits per heavy atom. The highest BCUT2D eigenvalue weighted by atomic mass is 127. The van der Waals surface area contributed by atoms with E-state index in [0.29, 0.717) is 18.4 Å². The Morgan fingerprint density at radius 3 is 2.58 bits per heavy atom. The molecule has 2 bridgehead atoms. The number of ether oxygens (including phenoxy) is 3. The standard InChI is InChI=1S/C18H20F3IO4/c1-2-24-15(23)17-8-6-16(11-22,7-9-17)26-14(17)12-4-3-5-13(10-12)25-18(19,20)21/h3-5,10,14H,2,6-9,11H2,1H3. The lowest BCUT2D eigenvalue weighted by Gasteiger charge is -2.55. The molecule has 26 heavy (non-hydrogen) atoms. The second-order valence-electron chi connectivity index (χ2n) is 6.81. The minimum absolute atomic E-state index is 0.252. The Hall–Kier alpha value is -1.03. The number of carbonyl (C=O) groups excluding carboxylic acids is 1. The Morgan fingerprint density at radius 2 is 2.00 bits per heavy atom. The van der Waals surface area contributed by atoms with E-state index in [-0.39, 0.29) is 23.9 Å². The van der Waals surface area contributed by atoms with Crippen LogP contribution in [0.15, 0.2) is 24.3 Å². The monoisotopic (exact) mass is 484 g/mol. The van der Waals surface area contributed by atoms with Gasteiger partial charge in [-0.25, -0.2) is 0 Å². The Kier molecular flexibility index (Phi) is 5.45. The van der Waals surface area contributed by atoms with Gasteiger partial charge in [0.05, 0.1) is 23.7 Å². The van der Waals surface area contributed by atoms with Gasteiger partial charge in [0.1, 0.15) is 5.75 Å². The van der Waals surface area contributed by atoms with Crippen LogP contribution in [0.4, 0.5) is 13.2 Å². The molecule has 0 amide bonds. The maximum atomic E-state index is 12.8. The normalized spacial score (nSPS) is 30.9. The maximum Gasteiger partial charge on any atom is 0.573 e. The van der Waals surface area contributed by atoms with Crippen molar-refractivity contribution in [2.24, 2.45) is 5.41 Å². The number of halogens is 4. The second kappa shape index (κ2) is 7.18. The smallest absolute Gasteiger partial charge is 0.465 e. The number of esters is 1. The summed E-state index contributed by atoms with van der Waals surface area (Å²) in [6, 6.07) is 5.71. The van der Waals surface area contributed by atoms with Gasteiger partial charge in [-0.3, -0.25) is 4.79 Å². The Bertz CT molecular complexity index is 669. The van der Waals surface area contributed by atoms with Crippen LogP contribution in [0, 0.1) is 5.41 Å². The van der Waals surface area contributed by atoms with Crippen molar-refractivity contribution in [2.45, 2.75) is 50.7 Å². The third-order valence-electron chi connectivity index (χ3n) is 5.24. The lowest BCUT2D eigenvalue weighted by molar-refractivity contribution is -0.274. The highest BCUT2D eigenvalue weighted by Crippen LogP contribution is 2.59. The van der Waals surface area contributed by atoms with Gasteiger partial charge in [-0.2, -0.15) is 0 Å². The molecule has 0 N–H and O–H groups in total. The van der Waals surface area contributed by atoms with Gasteiger partial charge in [0.15, 0.2) is 0 Å². The first kappa shape index (κ1) is 19.7. The predicted molar refractivity (Wildman–Crippen MR) is 96.1 cm³/mol. The number of benzene rings is 1. The van der Waals surface area contributed by atoms with E-state index in [1.807, 2.05) is 0 Å². The zero-order valence-electron chi connectivity index (χ0n) is 14.3. The fraction of sp³-hybridized carbons (Fsp3) is 0.611. The number of rotatable bonds is 5. The molecule has 2 saturated heterocycles. The van der Waals surface area contributed by atoms with Gasteiger partial charge >= 0.3 is 12.3 Å². The molecule has 1 aromatic carbocycles. The average molecular weight is 484 g/mol. The van der Waals surface area contributed by atoms with E-state index >= 15 is 0 Å². The maximum absolute atomic E-state index is 12.8. The number of hydrogen-bond donors (Lipinski definition) is 0. The summed E-state index contributed by atoms with van der Waals surface area (Å²) in [5.74, 6) is -0.656. The summed E-state index contributed by atoms with van der Waals surface area (Å²) in [5, 5.41) is 0. The molecule has 3 aliphatic rings. The van der Waals surface area contributed by atoms with Crippen molar-refractivity contribution in [1.29, 1.82) is 0 Å². The number of alkyl halides is 4.